The highest BCUT2D eigenvalue weighted by atomic mass is 35.5. The van der Waals surface area contributed by atoms with Crippen molar-refractivity contribution in [1.29, 1.82) is 0 Å². The van der Waals surface area contributed by atoms with Gasteiger partial charge in [-0.2, -0.15) is 10.1 Å². The van der Waals surface area contributed by atoms with Crippen LogP contribution in [-0.4, -0.2) is 14.6 Å². The van der Waals surface area contributed by atoms with Crippen molar-refractivity contribution in [2.75, 3.05) is 0 Å². The molecule has 0 saturated carbocycles. The second-order valence-electron chi connectivity index (χ2n) is 4.04. The molecule has 0 bridgehead atoms. The number of hydrogen-bond donors (Lipinski definition) is 0. The Morgan fingerprint density at radius 3 is 2.55 bits per heavy atom. The maximum absolute atomic E-state index is 12.1. The third-order valence-corrected chi connectivity index (χ3v) is 3.73. The summed E-state index contributed by atoms with van der Waals surface area (Å²) in [6, 6.07) is 8.28. The van der Waals surface area contributed by atoms with Crippen LogP contribution >= 0.6 is 34.8 Å². The van der Waals surface area contributed by atoms with Gasteiger partial charge >= 0.3 is 0 Å². The first-order chi connectivity index (χ1) is 9.56. The Bertz CT molecular complexity index is 876. The zero-order valence-electron chi connectivity index (χ0n) is 9.85. The summed E-state index contributed by atoms with van der Waals surface area (Å²) >= 11 is 17.7. The molecule has 3 rings (SSSR count). The lowest BCUT2D eigenvalue weighted by Gasteiger charge is -2.07. The number of benzene rings is 1. The lowest BCUT2D eigenvalue weighted by atomic mass is 10.1. The van der Waals surface area contributed by atoms with Crippen LogP contribution in [0.4, 0.5) is 0 Å². The van der Waals surface area contributed by atoms with Crippen molar-refractivity contribution in [2.45, 2.75) is 0 Å². The van der Waals surface area contributed by atoms with Gasteiger partial charge in [-0.25, -0.2) is 4.52 Å². The molecule has 0 saturated heterocycles. The van der Waals surface area contributed by atoms with E-state index in [0.29, 0.717) is 31.8 Å². The van der Waals surface area contributed by atoms with Crippen LogP contribution in [0.3, 0.4) is 0 Å². The van der Waals surface area contributed by atoms with Crippen LogP contribution in [0.25, 0.3) is 16.6 Å². The van der Waals surface area contributed by atoms with Gasteiger partial charge < -0.3 is 0 Å². The minimum Gasteiger partial charge on any atom is -0.267 e. The third kappa shape index (κ3) is 2.26. The number of rotatable bonds is 1. The summed E-state index contributed by atoms with van der Waals surface area (Å²) < 4.78 is 1.45. The molecule has 100 valence electrons. The molecule has 0 unspecified atom stereocenters. The van der Waals surface area contributed by atoms with Crippen molar-refractivity contribution >= 4 is 40.3 Å². The standard InChI is InChI=1S/C13H6Cl3N3O/c14-8-2-1-7(5-9(8)15)12-10-3-4-11(16)18-19(10)6-17-13(12)20/h1-6H. The van der Waals surface area contributed by atoms with Crippen LogP contribution < -0.4 is 5.56 Å². The van der Waals surface area contributed by atoms with Crippen molar-refractivity contribution in [3.63, 3.8) is 0 Å². The highest BCUT2D eigenvalue weighted by Crippen LogP contribution is 2.28. The Morgan fingerprint density at radius 1 is 1.00 bits per heavy atom. The summed E-state index contributed by atoms with van der Waals surface area (Å²) in [6.07, 6.45) is 1.32. The molecule has 0 atom stereocenters. The van der Waals surface area contributed by atoms with Gasteiger partial charge in [0, 0.05) is 0 Å². The molecule has 20 heavy (non-hydrogen) atoms. The van der Waals surface area contributed by atoms with Crippen LogP contribution in [0.5, 0.6) is 0 Å². The maximum atomic E-state index is 12.1. The lowest BCUT2D eigenvalue weighted by Crippen LogP contribution is -2.13. The predicted octanol–water partition coefficient (Wildman–Crippen LogP) is 3.72. The van der Waals surface area contributed by atoms with Gasteiger partial charge in [-0.15, -0.1) is 0 Å². The predicted molar refractivity (Wildman–Crippen MR) is 79.7 cm³/mol. The molecule has 0 radical (unpaired) electrons. The van der Waals surface area contributed by atoms with Crippen molar-refractivity contribution < 1.29 is 0 Å². The fourth-order valence-corrected chi connectivity index (χ4v) is 2.35. The van der Waals surface area contributed by atoms with E-state index in [1.807, 2.05) is 0 Å². The second-order valence-corrected chi connectivity index (χ2v) is 5.24. The average Bonchev–Trinajstić information content (AvgIpc) is 2.42. The SMILES string of the molecule is O=c1ncn2nc(Cl)ccc2c1-c1ccc(Cl)c(Cl)c1. The van der Waals surface area contributed by atoms with Crippen molar-refractivity contribution in [3.8, 4) is 11.1 Å². The molecule has 0 amide bonds. The molecule has 4 nitrogen and oxygen atoms in total. The molecule has 0 N–H and O–H groups in total. The van der Waals surface area contributed by atoms with E-state index < -0.39 is 0 Å². The van der Waals surface area contributed by atoms with Crippen molar-refractivity contribution in [1.82, 2.24) is 14.6 Å². The third-order valence-electron chi connectivity index (χ3n) is 2.79. The monoisotopic (exact) mass is 325 g/mol. The smallest absolute Gasteiger partial charge is 0.267 e. The van der Waals surface area contributed by atoms with E-state index in [1.165, 1.54) is 10.8 Å². The Hall–Kier alpha value is -1.62. The number of aromatic nitrogens is 3. The van der Waals surface area contributed by atoms with Crippen LogP contribution in [0.15, 0.2) is 41.5 Å². The Labute approximate surface area is 128 Å². The van der Waals surface area contributed by atoms with Gasteiger partial charge in [-0.3, -0.25) is 4.79 Å². The number of hydrogen-bond acceptors (Lipinski definition) is 3. The summed E-state index contributed by atoms with van der Waals surface area (Å²) in [5.74, 6) is 0. The first kappa shape index (κ1) is 13.4. The van der Waals surface area contributed by atoms with E-state index in [4.69, 9.17) is 34.8 Å². The normalized spacial score (nSPS) is 10.9. The molecular formula is C13H6Cl3N3O. The minimum atomic E-state index is -0.368. The summed E-state index contributed by atoms with van der Waals surface area (Å²) in [7, 11) is 0. The van der Waals surface area contributed by atoms with Gasteiger partial charge in [-0.1, -0.05) is 40.9 Å². The Kier molecular flexibility index (Phi) is 3.38. The first-order valence-corrected chi connectivity index (χ1v) is 6.69. The Balaban J connectivity index is 2.37. The van der Waals surface area contributed by atoms with E-state index in [0.717, 1.165) is 0 Å². The van der Waals surface area contributed by atoms with Crippen LogP contribution in [0.1, 0.15) is 0 Å². The molecule has 0 aliphatic carbocycles. The summed E-state index contributed by atoms with van der Waals surface area (Å²) in [6.45, 7) is 0. The maximum Gasteiger partial charge on any atom is 0.281 e. The summed E-state index contributed by atoms with van der Waals surface area (Å²) in [5.41, 5.74) is 1.25. The molecular weight excluding hydrogens is 321 g/mol. The van der Waals surface area contributed by atoms with Gasteiger partial charge in [0.1, 0.15) is 11.5 Å². The molecule has 7 heteroatoms. The van der Waals surface area contributed by atoms with Crippen LogP contribution in [0.2, 0.25) is 15.2 Å². The number of nitrogens with zero attached hydrogens (tertiary/aromatic N) is 3. The van der Waals surface area contributed by atoms with E-state index in [-0.39, 0.29) is 5.56 Å². The molecule has 0 aliphatic heterocycles. The van der Waals surface area contributed by atoms with E-state index in [9.17, 15) is 4.79 Å². The molecule has 0 aliphatic rings. The van der Waals surface area contributed by atoms with Crippen molar-refractivity contribution in [2.24, 2.45) is 0 Å². The molecule has 2 aromatic heterocycles. The number of fused-ring (bicyclic) bond motifs is 1. The van der Waals surface area contributed by atoms with Gasteiger partial charge in [-0.05, 0) is 29.8 Å². The van der Waals surface area contributed by atoms with Gasteiger partial charge in [0.2, 0.25) is 0 Å². The molecule has 3 aromatic rings. The summed E-state index contributed by atoms with van der Waals surface area (Å²) in [5, 5.41) is 5.16. The highest BCUT2D eigenvalue weighted by Gasteiger charge is 2.12. The van der Waals surface area contributed by atoms with E-state index >= 15 is 0 Å². The number of halogens is 3. The van der Waals surface area contributed by atoms with E-state index in [1.54, 1.807) is 30.3 Å². The van der Waals surface area contributed by atoms with Gasteiger partial charge in [0.15, 0.2) is 0 Å². The zero-order valence-corrected chi connectivity index (χ0v) is 12.1. The second kappa shape index (κ2) is 5.05. The van der Waals surface area contributed by atoms with Crippen molar-refractivity contribution in [3.05, 3.63) is 62.2 Å². The molecule has 0 spiro atoms. The quantitative estimate of drug-likeness (QED) is 0.685. The van der Waals surface area contributed by atoms with E-state index in [2.05, 4.69) is 10.1 Å². The topological polar surface area (TPSA) is 47.3 Å². The first-order valence-electron chi connectivity index (χ1n) is 5.56. The molecule has 0 fully saturated rings. The van der Waals surface area contributed by atoms with Crippen LogP contribution in [-0.2, 0) is 0 Å². The highest BCUT2D eigenvalue weighted by molar-refractivity contribution is 6.42. The van der Waals surface area contributed by atoms with Crippen LogP contribution in [0, 0.1) is 0 Å². The fraction of sp³-hybridized carbons (Fsp3) is 0. The average molecular weight is 327 g/mol. The summed E-state index contributed by atoms with van der Waals surface area (Å²) in [4.78, 5) is 15.8. The van der Waals surface area contributed by atoms with Gasteiger partial charge in [0.05, 0.1) is 21.1 Å². The lowest BCUT2D eigenvalue weighted by molar-refractivity contribution is 0.884. The van der Waals surface area contributed by atoms with Gasteiger partial charge in [0.25, 0.3) is 5.56 Å². The fourth-order valence-electron chi connectivity index (χ4n) is 1.90. The molecule has 1 aromatic carbocycles. The zero-order chi connectivity index (χ0) is 14.3. The Morgan fingerprint density at radius 2 is 1.80 bits per heavy atom. The largest absolute Gasteiger partial charge is 0.281 e. The minimum absolute atomic E-state index is 0.308. The molecule has 2 heterocycles.